The van der Waals surface area contributed by atoms with Gasteiger partial charge in [-0.25, -0.2) is 4.39 Å². The van der Waals surface area contributed by atoms with Crippen molar-refractivity contribution in [3.05, 3.63) is 87.5 Å². The predicted octanol–water partition coefficient (Wildman–Crippen LogP) is 6.95. The Balaban J connectivity index is 1.73. The Labute approximate surface area is 228 Å². The maximum absolute atomic E-state index is 15.0. The number of hydrogen-bond acceptors (Lipinski definition) is 6. The lowest BCUT2D eigenvalue weighted by Crippen LogP contribution is -2.48. The lowest BCUT2D eigenvalue weighted by Gasteiger charge is -2.35. The average molecular weight is 550 g/mol. The first-order chi connectivity index (χ1) is 18.3. The van der Waals surface area contributed by atoms with Crippen molar-refractivity contribution in [2.75, 3.05) is 31.1 Å². The maximum atomic E-state index is 15.0. The van der Waals surface area contributed by atoms with Crippen molar-refractivity contribution >= 4 is 51.4 Å². The molecular formula is C28H22Cl2FN5O2. The highest BCUT2D eigenvalue weighted by Crippen LogP contribution is 2.43. The van der Waals surface area contributed by atoms with Gasteiger partial charge in [-0.15, -0.1) is 15.1 Å². The number of nitrogens with zero attached hydrogens (tertiary/aromatic N) is 5. The van der Waals surface area contributed by atoms with E-state index in [1.165, 1.54) is 24.3 Å². The molecule has 192 valence electrons. The summed E-state index contributed by atoms with van der Waals surface area (Å²) in [5, 5.41) is 14.3. The molecule has 10 heteroatoms. The van der Waals surface area contributed by atoms with Gasteiger partial charge in [-0.05, 0) is 60.1 Å². The van der Waals surface area contributed by atoms with Gasteiger partial charge in [-0.3, -0.25) is 4.79 Å². The lowest BCUT2D eigenvalue weighted by atomic mass is 9.95. The van der Waals surface area contributed by atoms with Crippen LogP contribution in [-0.2, 0) is 4.79 Å². The zero-order valence-electron chi connectivity index (χ0n) is 20.4. The summed E-state index contributed by atoms with van der Waals surface area (Å²) in [6, 6.07) is 13.0. The van der Waals surface area contributed by atoms with Crippen molar-refractivity contribution in [3.8, 4) is 22.4 Å². The molecule has 3 aromatic carbocycles. The molecule has 1 amide bonds. The van der Waals surface area contributed by atoms with Crippen LogP contribution in [0.3, 0.4) is 0 Å². The van der Waals surface area contributed by atoms with Gasteiger partial charge >= 0.3 is 0 Å². The molecule has 1 fully saturated rings. The smallest absolute Gasteiger partial charge is 0.246 e. The number of carbonyl (C=O) groups is 1. The van der Waals surface area contributed by atoms with Gasteiger partial charge in [0.15, 0.2) is 5.82 Å². The number of benzene rings is 3. The molecule has 7 nitrogen and oxygen atoms in total. The number of aromatic nitrogens is 2. The van der Waals surface area contributed by atoms with Crippen LogP contribution in [0.1, 0.15) is 5.56 Å². The van der Waals surface area contributed by atoms with E-state index in [0.717, 1.165) is 11.1 Å². The highest BCUT2D eigenvalue weighted by atomic mass is 35.5. The van der Waals surface area contributed by atoms with E-state index in [4.69, 9.17) is 23.2 Å². The van der Waals surface area contributed by atoms with E-state index in [9.17, 15) is 14.1 Å². The molecular weight excluding hydrogens is 528 g/mol. The summed E-state index contributed by atoms with van der Waals surface area (Å²) in [7, 11) is 0. The second-order valence-corrected chi connectivity index (χ2v) is 9.79. The first kappa shape index (κ1) is 25.8. The Bertz CT molecular complexity index is 1600. The van der Waals surface area contributed by atoms with E-state index >= 15 is 0 Å². The summed E-state index contributed by atoms with van der Waals surface area (Å²) in [6.07, 6.45) is 1.31. The van der Waals surface area contributed by atoms with E-state index in [0.29, 0.717) is 59.0 Å². The van der Waals surface area contributed by atoms with Crippen molar-refractivity contribution in [3.63, 3.8) is 0 Å². The molecule has 1 aromatic heterocycles. The summed E-state index contributed by atoms with van der Waals surface area (Å²) in [6.45, 7) is 7.56. The fraction of sp³-hybridized carbons (Fsp3) is 0.179. The third-order valence-corrected chi connectivity index (χ3v) is 7.28. The van der Waals surface area contributed by atoms with Gasteiger partial charge in [0, 0.05) is 63.7 Å². The number of halogens is 3. The van der Waals surface area contributed by atoms with Gasteiger partial charge < -0.3 is 9.80 Å². The standard InChI is InChI=1S/C28H22Cl2FN5O2/c1-3-25(37)35-9-11-36(12-10-35)28-20-15-22(30)21(26-23(31)5-4-6-24(26)34-38)14-19(20)27(32-33-28)18-13-17(29)8-7-16(18)2/h3-8,13-15H,1,9-12H2,2H3. The predicted molar refractivity (Wildman–Crippen MR) is 150 cm³/mol. The number of piperazine rings is 1. The molecule has 0 radical (unpaired) electrons. The molecule has 0 unspecified atom stereocenters. The van der Waals surface area contributed by atoms with E-state index in [-0.39, 0.29) is 22.2 Å². The van der Waals surface area contributed by atoms with Gasteiger partial charge in [0.1, 0.15) is 17.2 Å². The van der Waals surface area contributed by atoms with Crippen molar-refractivity contribution in [1.29, 1.82) is 0 Å². The summed E-state index contributed by atoms with van der Waals surface area (Å²) in [5.41, 5.74) is 2.49. The number of amides is 1. The number of aryl methyl sites for hydroxylation is 1. The molecule has 0 saturated carbocycles. The molecule has 2 heterocycles. The Morgan fingerprint density at radius 3 is 2.50 bits per heavy atom. The van der Waals surface area contributed by atoms with E-state index in [2.05, 4.69) is 22.0 Å². The molecule has 0 aliphatic carbocycles. The van der Waals surface area contributed by atoms with Crippen LogP contribution >= 0.6 is 23.2 Å². The highest BCUT2D eigenvalue weighted by molar-refractivity contribution is 6.35. The van der Waals surface area contributed by atoms with Gasteiger partial charge in [-0.2, -0.15) is 0 Å². The van der Waals surface area contributed by atoms with Crippen molar-refractivity contribution in [1.82, 2.24) is 15.1 Å². The summed E-state index contributed by atoms with van der Waals surface area (Å²) >= 11 is 13.0. The van der Waals surface area contributed by atoms with Crippen molar-refractivity contribution in [2.45, 2.75) is 6.92 Å². The normalized spacial score (nSPS) is 13.6. The third kappa shape index (κ3) is 4.61. The van der Waals surface area contributed by atoms with Crippen LogP contribution in [0.25, 0.3) is 33.2 Å². The maximum Gasteiger partial charge on any atom is 0.246 e. The number of carbonyl (C=O) groups excluding carboxylic acids is 1. The number of rotatable bonds is 5. The van der Waals surface area contributed by atoms with Crippen molar-refractivity contribution < 1.29 is 9.18 Å². The fourth-order valence-electron chi connectivity index (χ4n) is 4.76. The van der Waals surface area contributed by atoms with Crippen molar-refractivity contribution in [2.24, 2.45) is 5.18 Å². The summed E-state index contributed by atoms with van der Waals surface area (Å²) in [4.78, 5) is 27.3. The molecule has 0 N–H and O–H groups in total. The molecule has 0 spiro atoms. The molecule has 1 aliphatic heterocycles. The average Bonchev–Trinajstić information content (AvgIpc) is 2.93. The number of nitroso groups, excluding NO2 is 1. The minimum Gasteiger partial charge on any atom is -0.351 e. The van der Waals surface area contributed by atoms with Crippen LogP contribution < -0.4 is 4.90 Å². The Hall–Kier alpha value is -3.88. The third-order valence-electron chi connectivity index (χ3n) is 6.73. The second kappa shape index (κ2) is 10.5. The minimum atomic E-state index is -0.617. The van der Waals surface area contributed by atoms with E-state index < -0.39 is 5.82 Å². The first-order valence-corrected chi connectivity index (χ1v) is 12.6. The zero-order valence-corrected chi connectivity index (χ0v) is 21.9. The van der Waals surface area contributed by atoms with Crippen LogP contribution in [0.5, 0.6) is 0 Å². The molecule has 5 rings (SSSR count). The summed E-state index contributed by atoms with van der Waals surface area (Å²) < 4.78 is 15.0. The number of fused-ring (bicyclic) bond motifs is 1. The topological polar surface area (TPSA) is 78.8 Å². The quantitative estimate of drug-likeness (QED) is 0.199. The zero-order chi connectivity index (χ0) is 27.0. The largest absolute Gasteiger partial charge is 0.351 e. The second-order valence-electron chi connectivity index (χ2n) is 8.95. The Morgan fingerprint density at radius 2 is 1.79 bits per heavy atom. The molecule has 1 aliphatic rings. The van der Waals surface area contributed by atoms with Crippen LogP contribution in [0.4, 0.5) is 15.9 Å². The van der Waals surface area contributed by atoms with E-state index in [1.807, 2.05) is 17.9 Å². The first-order valence-electron chi connectivity index (χ1n) is 11.9. The molecule has 4 aromatic rings. The molecule has 0 atom stereocenters. The van der Waals surface area contributed by atoms with Crippen LogP contribution in [-0.4, -0.2) is 47.2 Å². The fourth-order valence-corrected chi connectivity index (χ4v) is 5.19. The molecule has 1 saturated heterocycles. The van der Waals surface area contributed by atoms with Gasteiger partial charge in [-0.1, -0.05) is 41.9 Å². The van der Waals surface area contributed by atoms with Crippen LogP contribution in [0.15, 0.2) is 66.4 Å². The SMILES string of the molecule is C=CC(=O)N1CCN(c2nnc(-c3cc(Cl)ccc3C)c3cc(-c4c(F)cccc4N=O)c(Cl)cc23)CC1. The van der Waals surface area contributed by atoms with Gasteiger partial charge in [0.2, 0.25) is 5.91 Å². The van der Waals surface area contributed by atoms with Gasteiger partial charge in [0.05, 0.1) is 0 Å². The monoisotopic (exact) mass is 549 g/mol. The van der Waals surface area contributed by atoms with Gasteiger partial charge in [0.25, 0.3) is 0 Å². The highest BCUT2D eigenvalue weighted by Gasteiger charge is 2.25. The number of anilines is 1. The minimum absolute atomic E-state index is 0.0121. The number of hydrogen-bond donors (Lipinski definition) is 0. The Kier molecular flexibility index (Phi) is 7.10. The van der Waals surface area contributed by atoms with Crippen LogP contribution in [0, 0.1) is 17.6 Å². The molecule has 0 bridgehead atoms. The lowest BCUT2D eigenvalue weighted by molar-refractivity contribution is -0.126. The molecule has 38 heavy (non-hydrogen) atoms. The van der Waals surface area contributed by atoms with Crippen LogP contribution in [0.2, 0.25) is 10.0 Å². The van der Waals surface area contributed by atoms with E-state index in [1.54, 1.807) is 29.2 Å². The summed E-state index contributed by atoms with van der Waals surface area (Å²) in [5.74, 6) is -0.150. The Morgan fingerprint density at radius 1 is 1.03 bits per heavy atom.